The van der Waals surface area contributed by atoms with Crippen LogP contribution in [0.4, 0.5) is 0 Å². The maximum atomic E-state index is 8.55. The molecule has 2 rings (SSSR count). The Morgan fingerprint density at radius 1 is 1.28 bits per heavy atom. The largest absolute Gasteiger partial charge is 0.198 e. The van der Waals surface area contributed by atoms with Gasteiger partial charge in [0.25, 0.3) is 0 Å². The molecule has 0 N–H and O–H groups in total. The second kappa shape index (κ2) is 6.98. The lowest BCUT2D eigenvalue weighted by molar-refractivity contribution is 1.24. The molecule has 1 heterocycles. The van der Waals surface area contributed by atoms with Gasteiger partial charge in [-0.15, -0.1) is 11.8 Å². The molecule has 4 heteroatoms. The average molecular weight is 291 g/mol. The number of nitrogens with zero attached hydrogens (tertiary/aromatic N) is 1. The number of benzene rings is 1. The van der Waals surface area contributed by atoms with Gasteiger partial charge in [0.1, 0.15) is 0 Å². The lowest BCUT2D eigenvalue weighted by Gasteiger charge is -1.99. The fraction of sp³-hybridized carbons (Fsp3) is 0.214. The predicted molar refractivity (Wildman–Crippen MR) is 85.0 cm³/mol. The lowest BCUT2D eigenvalue weighted by atomic mass is 10.2. The third kappa shape index (κ3) is 3.88. The van der Waals surface area contributed by atoms with Crippen LogP contribution in [0.2, 0.25) is 0 Å². The standard InChI is InChI=1S/C14H13NS3/c1-11-14(16-9-5-8-15)18-13(17-11)10-12-6-3-2-4-7-12/h2-4,6-7,10H,5,9H2,1H3/b13-10+. The summed E-state index contributed by atoms with van der Waals surface area (Å²) in [4.78, 5) is 1.35. The van der Waals surface area contributed by atoms with Crippen LogP contribution in [0.3, 0.4) is 0 Å². The summed E-state index contributed by atoms with van der Waals surface area (Å²) < 4.78 is 2.66. The molecule has 1 aromatic carbocycles. The van der Waals surface area contributed by atoms with E-state index in [1.54, 1.807) is 11.8 Å². The number of rotatable bonds is 4. The van der Waals surface area contributed by atoms with Crippen molar-refractivity contribution in [1.29, 1.82) is 5.26 Å². The SMILES string of the molecule is CC1=C(SCCC#N)S/C(=C/c2ccccc2)S1. The highest BCUT2D eigenvalue weighted by molar-refractivity contribution is 8.35. The normalized spacial score (nSPS) is 17.2. The van der Waals surface area contributed by atoms with Gasteiger partial charge in [-0.1, -0.05) is 53.9 Å². The van der Waals surface area contributed by atoms with E-state index in [4.69, 9.17) is 5.26 Å². The van der Waals surface area contributed by atoms with Gasteiger partial charge >= 0.3 is 0 Å². The zero-order valence-corrected chi connectivity index (χ0v) is 12.5. The molecule has 1 nitrogen and oxygen atoms in total. The highest BCUT2D eigenvalue weighted by Gasteiger charge is 2.17. The molecule has 0 fully saturated rings. The maximum Gasteiger partial charge on any atom is 0.0630 e. The van der Waals surface area contributed by atoms with Crippen LogP contribution in [0, 0.1) is 11.3 Å². The fourth-order valence-electron chi connectivity index (χ4n) is 1.44. The van der Waals surface area contributed by atoms with E-state index in [2.05, 4.69) is 43.3 Å². The van der Waals surface area contributed by atoms with Crippen molar-refractivity contribution in [3.05, 3.63) is 49.3 Å². The Labute approximate surface area is 121 Å². The first-order valence-electron chi connectivity index (χ1n) is 5.62. The van der Waals surface area contributed by atoms with E-state index in [1.165, 1.54) is 18.9 Å². The molecule has 0 unspecified atom stereocenters. The van der Waals surface area contributed by atoms with Gasteiger partial charge in [0, 0.05) is 17.1 Å². The van der Waals surface area contributed by atoms with Crippen LogP contribution in [-0.4, -0.2) is 5.75 Å². The van der Waals surface area contributed by atoms with Gasteiger partial charge in [-0.25, -0.2) is 0 Å². The molecule has 18 heavy (non-hydrogen) atoms. The van der Waals surface area contributed by atoms with Gasteiger partial charge in [0.15, 0.2) is 0 Å². The van der Waals surface area contributed by atoms with Gasteiger partial charge < -0.3 is 0 Å². The van der Waals surface area contributed by atoms with Crippen molar-refractivity contribution in [1.82, 2.24) is 0 Å². The van der Waals surface area contributed by atoms with Gasteiger partial charge in [-0.3, -0.25) is 0 Å². The van der Waals surface area contributed by atoms with E-state index in [0.717, 1.165) is 5.75 Å². The molecule has 1 aliphatic heterocycles. The molecule has 1 aromatic rings. The second-order valence-corrected chi connectivity index (χ2v) is 7.61. The predicted octanol–water partition coefficient (Wildman–Crippen LogP) is 5.30. The fourth-order valence-corrected chi connectivity index (χ4v) is 5.38. The maximum absolute atomic E-state index is 8.55. The van der Waals surface area contributed by atoms with Crippen molar-refractivity contribution >= 4 is 41.4 Å². The van der Waals surface area contributed by atoms with Gasteiger partial charge in [0.2, 0.25) is 0 Å². The van der Waals surface area contributed by atoms with Gasteiger partial charge in [-0.2, -0.15) is 5.26 Å². The molecule has 0 atom stereocenters. The first kappa shape index (κ1) is 13.7. The van der Waals surface area contributed by atoms with Gasteiger partial charge in [0.05, 0.1) is 14.5 Å². The van der Waals surface area contributed by atoms with Crippen molar-refractivity contribution in [2.45, 2.75) is 13.3 Å². The molecule has 0 bridgehead atoms. The van der Waals surface area contributed by atoms with Crippen LogP contribution in [0.15, 0.2) is 43.7 Å². The van der Waals surface area contributed by atoms with Crippen LogP contribution < -0.4 is 0 Å². The van der Waals surface area contributed by atoms with E-state index < -0.39 is 0 Å². The van der Waals surface area contributed by atoms with Crippen LogP contribution in [0.5, 0.6) is 0 Å². The monoisotopic (exact) mass is 291 g/mol. The van der Waals surface area contributed by atoms with E-state index in [-0.39, 0.29) is 0 Å². The Hall–Kier alpha value is -0.760. The number of hydrogen-bond donors (Lipinski definition) is 0. The molecule has 0 aromatic heterocycles. The van der Waals surface area contributed by atoms with E-state index in [9.17, 15) is 0 Å². The lowest BCUT2D eigenvalue weighted by Crippen LogP contribution is -1.75. The molecule has 0 spiro atoms. The zero-order valence-electron chi connectivity index (χ0n) is 10.1. The second-order valence-electron chi connectivity index (χ2n) is 3.68. The van der Waals surface area contributed by atoms with Crippen LogP contribution in [-0.2, 0) is 0 Å². The quantitative estimate of drug-likeness (QED) is 0.702. The molecule has 0 aliphatic carbocycles. The summed E-state index contributed by atoms with van der Waals surface area (Å²) in [5.41, 5.74) is 1.24. The molecule has 0 radical (unpaired) electrons. The summed E-state index contributed by atoms with van der Waals surface area (Å²) in [6.45, 7) is 2.15. The number of hydrogen-bond acceptors (Lipinski definition) is 4. The number of allylic oxidation sites excluding steroid dienone is 1. The number of thioether (sulfide) groups is 3. The van der Waals surface area contributed by atoms with Crippen molar-refractivity contribution < 1.29 is 0 Å². The third-order valence-electron chi connectivity index (χ3n) is 2.27. The highest BCUT2D eigenvalue weighted by Crippen LogP contribution is 2.53. The summed E-state index contributed by atoms with van der Waals surface area (Å²) >= 11 is 5.44. The molecule has 92 valence electrons. The Balaban J connectivity index is 1.98. The van der Waals surface area contributed by atoms with Crippen molar-refractivity contribution in [2.24, 2.45) is 0 Å². The summed E-state index contributed by atoms with van der Waals surface area (Å²) in [5.74, 6) is 0.884. The van der Waals surface area contributed by atoms with E-state index in [1.807, 2.05) is 29.6 Å². The summed E-state index contributed by atoms with van der Waals surface area (Å²) in [7, 11) is 0. The highest BCUT2D eigenvalue weighted by atomic mass is 32.2. The van der Waals surface area contributed by atoms with E-state index in [0.29, 0.717) is 6.42 Å². The van der Waals surface area contributed by atoms with Crippen molar-refractivity contribution in [3.63, 3.8) is 0 Å². The van der Waals surface area contributed by atoms with Crippen molar-refractivity contribution in [2.75, 3.05) is 5.75 Å². The Morgan fingerprint density at radius 3 is 2.78 bits per heavy atom. The van der Waals surface area contributed by atoms with Crippen LogP contribution >= 0.6 is 35.3 Å². The minimum atomic E-state index is 0.615. The number of nitriles is 1. The van der Waals surface area contributed by atoms with Crippen LogP contribution in [0.1, 0.15) is 18.9 Å². The Morgan fingerprint density at radius 2 is 2.06 bits per heavy atom. The zero-order chi connectivity index (χ0) is 12.8. The molecule has 0 saturated heterocycles. The minimum absolute atomic E-state index is 0.615. The van der Waals surface area contributed by atoms with Crippen LogP contribution in [0.25, 0.3) is 6.08 Å². The Bertz CT molecular complexity index is 512. The van der Waals surface area contributed by atoms with E-state index >= 15 is 0 Å². The third-order valence-corrected chi connectivity index (χ3v) is 6.24. The topological polar surface area (TPSA) is 23.8 Å². The molecule has 0 saturated carbocycles. The molecule has 0 amide bonds. The average Bonchev–Trinajstić information content (AvgIpc) is 2.71. The molecular formula is C14H13NS3. The first-order chi connectivity index (χ1) is 8.79. The minimum Gasteiger partial charge on any atom is -0.198 e. The smallest absolute Gasteiger partial charge is 0.0630 e. The van der Waals surface area contributed by atoms with Crippen molar-refractivity contribution in [3.8, 4) is 6.07 Å². The molecule has 1 aliphatic rings. The molecular weight excluding hydrogens is 278 g/mol. The first-order valence-corrected chi connectivity index (χ1v) is 8.24. The summed E-state index contributed by atoms with van der Waals surface area (Å²) in [5, 5.41) is 8.55. The Kier molecular flexibility index (Phi) is 5.30. The summed E-state index contributed by atoms with van der Waals surface area (Å²) in [6.07, 6.45) is 2.83. The summed E-state index contributed by atoms with van der Waals surface area (Å²) in [6, 6.07) is 12.6. The van der Waals surface area contributed by atoms with Gasteiger partial charge in [-0.05, 0) is 18.6 Å².